The summed E-state index contributed by atoms with van der Waals surface area (Å²) in [6.07, 6.45) is 3.07. The minimum atomic E-state index is -0.452. The fraction of sp³-hybridized carbons (Fsp3) is 0.364. The standard InChI is InChI=1S/C22H28O3/c1-17(20-7-5-4-6-8-20)15-21(23)12-9-18(2)25-16-19-10-13-22(24-3)14-11-19/h4-8,10-11,13-15,18,21,23H,9,12,16H2,1-3H3/b17-15+/t18-,21?/m1/s1. The SMILES string of the molecule is COc1ccc(CO[C@H](C)CCC(O)/C=C(\C)c2ccccc2)cc1. The van der Waals surface area contributed by atoms with E-state index >= 15 is 0 Å². The molecule has 2 rings (SSSR count). The third-order valence-corrected chi connectivity index (χ3v) is 4.23. The molecule has 2 atom stereocenters. The summed E-state index contributed by atoms with van der Waals surface area (Å²) in [5.74, 6) is 0.848. The van der Waals surface area contributed by atoms with Crippen molar-refractivity contribution >= 4 is 5.57 Å². The molecule has 0 amide bonds. The first-order chi connectivity index (χ1) is 12.1. The van der Waals surface area contributed by atoms with Gasteiger partial charge < -0.3 is 14.6 Å². The molecule has 0 spiro atoms. The average molecular weight is 340 g/mol. The fourth-order valence-electron chi connectivity index (χ4n) is 2.62. The van der Waals surface area contributed by atoms with Crippen LogP contribution in [-0.4, -0.2) is 24.4 Å². The second-order valence-electron chi connectivity index (χ2n) is 6.33. The first-order valence-corrected chi connectivity index (χ1v) is 8.75. The zero-order valence-electron chi connectivity index (χ0n) is 15.3. The molecule has 1 unspecified atom stereocenters. The number of allylic oxidation sites excluding steroid dienone is 1. The molecule has 134 valence electrons. The van der Waals surface area contributed by atoms with Crippen LogP contribution in [0, 0.1) is 0 Å². The van der Waals surface area contributed by atoms with Gasteiger partial charge in [0.2, 0.25) is 0 Å². The second kappa shape index (κ2) is 10.0. The number of hydrogen-bond donors (Lipinski definition) is 1. The summed E-state index contributed by atoms with van der Waals surface area (Å²) >= 11 is 0. The van der Waals surface area contributed by atoms with E-state index in [1.54, 1.807) is 7.11 Å². The van der Waals surface area contributed by atoms with Gasteiger partial charge in [0, 0.05) is 0 Å². The van der Waals surface area contributed by atoms with Crippen molar-refractivity contribution in [2.75, 3.05) is 7.11 Å². The van der Waals surface area contributed by atoms with Crippen molar-refractivity contribution in [2.45, 2.75) is 45.5 Å². The van der Waals surface area contributed by atoms with Gasteiger partial charge in [0.25, 0.3) is 0 Å². The molecular formula is C22H28O3. The lowest BCUT2D eigenvalue weighted by Crippen LogP contribution is -2.12. The Balaban J connectivity index is 1.74. The van der Waals surface area contributed by atoms with E-state index in [0.717, 1.165) is 28.9 Å². The van der Waals surface area contributed by atoms with E-state index < -0.39 is 6.10 Å². The van der Waals surface area contributed by atoms with E-state index in [9.17, 15) is 5.11 Å². The third-order valence-electron chi connectivity index (χ3n) is 4.23. The fourth-order valence-corrected chi connectivity index (χ4v) is 2.62. The van der Waals surface area contributed by atoms with Crippen LogP contribution in [0.4, 0.5) is 0 Å². The predicted octanol–water partition coefficient (Wildman–Crippen LogP) is 4.84. The molecule has 0 heterocycles. The Morgan fingerprint density at radius 1 is 1.04 bits per heavy atom. The van der Waals surface area contributed by atoms with Crippen LogP contribution < -0.4 is 4.74 Å². The van der Waals surface area contributed by atoms with E-state index in [1.807, 2.05) is 62.4 Å². The topological polar surface area (TPSA) is 38.7 Å². The van der Waals surface area contributed by atoms with Crippen molar-refractivity contribution in [1.29, 1.82) is 0 Å². The van der Waals surface area contributed by atoms with Gasteiger partial charge in [0.05, 0.1) is 25.9 Å². The van der Waals surface area contributed by atoms with Gasteiger partial charge in [-0.15, -0.1) is 0 Å². The normalized spacial score (nSPS) is 14.2. The van der Waals surface area contributed by atoms with Crippen molar-refractivity contribution in [3.05, 3.63) is 71.8 Å². The lowest BCUT2D eigenvalue weighted by atomic mass is 10.0. The molecule has 0 bridgehead atoms. The summed E-state index contributed by atoms with van der Waals surface area (Å²) < 4.78 is 11.0. The molecule has 0 aliphatic rings. The van der Waals surface area contributed by atoms with Crippen LogP contribution in [0.2, 0.25) is 0 Å². The Bertz CT molecular complexity index is 647. The first-order valence-electron chi connectivity index (χ1n) is 8.75. The first kappa shape index (κ1) is 19.2. The molecule has 2 aromatic carbocycles. The second-order valence-corrected chi connectivity index (χ2v) is 6.33. The number of ether oxygens (including phenoxy) is 2. The van der Waals surface area contributed by atoms with Gasteiger partial charge in [-0.1, -0.05) is 48.5 Å². The van der Waals surface area contributed by atoms with Gasteiger partial charge in [-0.3, -0.25) is 0 Å². The highest BCUT2D eigenvalue weighted by Crippen LogP contribution is 2.17. The Labute approximate surface area is 150 Å². The monoisotopic (exact) mass is 340 g/mol. The van der Waals surface area contributed by atoms with Crippen LogP contribution in [0.3, 0.4) is 0 Å². The molecule has 3 nitrogen and oxygen atoms in total. The van der Waals surface area contributed by atoms with Gasteiger partial charge in [-0.25, -0.2) is 0 Å². The summed E-state index contributed by atoms with van der Waals surface area (Å²) in [5, 5.41) is 10.2. The van der Waals surface area contributed by atoms with Crippen molar-refractivity contribution < 1.29 is 14.6 Å². The van der Waals surface area contributed by atoms with Crippen molar-refractivity contribution in [3.8, 4) is 5.75 Å². The maximum atomic E-state index is 10.2. The molecule has 1 N–H and O–H groups in total. The largest absolute Gasteiger partial charge is 0.497 e. The van der Waals surface area contributed by atoms with Gasteiger partial charge in [0.15, 0.2) is 0 Å². The molecule has 3 heteroatoms. The maximum Gasteiger partial charge on any atom is 0.118 e. The Hall–Kier alpha value is -2.10. The van der Waals surface area contributed by atoms with Gasteiger partial charge in [-0.2, -0.15) is 0 Å². The summed E-state index contributed by atoms with van der Waals surface area (Å²) in [7, 11) is 1.66. The molecule has 0 aliphatic heterocycles. The summed E-state index contributed by atoms with van der Waals surface area (Å²) in [5.41, 5.74) is 3.36. The molecule has 25 heavy (non-hydrogen) atoms. The Morgan fingerprint density at radius 3 is 2.36 bits per heavy atom. The lowest BCUT2D eigenvalue weighted by Gasteiger charge is -2.15. The summed E-state index contributed by atoms with van der Waals surface area (Å²) in [6, 6.07) is 18.0. The zero-order valence-corrected chi connectivity index (χ0v) is 15.3. The molecule has 0 aromatic heterocycles. The quantitative estimate of drug-likeness (QED) is 0.709. The van der Waals surface area contributed by atoms with Crippen LogP contribution >= 0.6 is 0 Å². The number of aliphatic hydroxyl groups is 1. The third kappa shape index (κ3) is 6.73. The van der Waals surface area contributed by atoms with E-state index in [4.69, 9.17) is 9.47 Å². The van der Waals surface area contributed by atoms with Gasteiger partial charge >= 0.3 is 0 Å². The van der Waals surface area contributed by atoms with E-state index in [0.29, 0.717) is 13.0 Å². The van der Waals surface area contributed by atoms with E-state index in [-0.39, 0.29) is 6.10 Å². The van der Waals surface area contributed by atoms with Crippen molar-refractivity contribution in [1.82, 2.24) is 0 Å². The Kier molecular flexibility index (Phi) is 7.71. The zero-order chi connectivity index (χ0) is 18.1. The smallest absolute Gasteiger partial charge is 0.118 e. The highest BCUT2D eigenvalue weighted by atomic mass is 16.5. The lowest BCUT2D eigenvalue weighted by molar-refractivity contribution is 0.0393. The van der Waals surface area contributed by atoms with Crippen LogP contribution in [0.25, 0.3) is 5.57 Å². The van der Waals surface area contributed by atoms with Crippen LogP contribution in [0.15, 0.2) is 60.7 Å². The van der Waals surface area contributed by atoms with Crippen LogP contribution in [0.5, 0.6) is 5.75 Å². The molecule has 0 aliphatic carbocycles. The predicted molar refractivity (Wildman–Crippen MR) is 103 cm³/mol. The van der Waals surface area contributed by atoms with E-state index in [2.05, 4.69) is 12.1 Å². The Morgan fingerprint density at radius 2 is 1.72 bits per heavy atom. The molecular weight excluding hydrogens is 312 g/mol. The number of methoxy groups -OCH3 is 1. The number of hydrogen-bond acceptors (Lipinski definition) is 3. The molecule has 0 radical (unpaired) electrons. The molecule has 2 aromatic rings. The van der Waals surface area contributed by atoms with Crippen LogP contribution in [-0.2, 0) is 11.3 Å². The minimum Gasteiger partial charge on any atom is -0.497 e. The average Bonchev–Trinajstić information content (AvgIpc) is 2.65. The molecule has 0 saturated carbocycles. The van der Waals surface area contributed by atoms with Gasteiger partial charge in [-0.05, 0) is 55.5 Å². The minimum absolute atomic E-state index is 0.0992. The van der Waals surface area contributed by atoms with Crippen molar-refractivity contribution in [2.24, 2.45) is 0 Å². The molecule has 0 saturated heterocycles. The highest BCUT2D eigenvalue weighted by molar-refractivity contribution is 5.63. The van der Waals surface area contributed by atoms with E-state index in [1.165, 1.54) is 0 Å². The summed E-state index contributed by atoms with van der Waals surface area (Å²) in [6.45, 7) is 4.65. The summed E-state index contributed by atoms with van der Waals surface area (Å²) in [4.78, 5) is 0. The number of benzene rings is 2. The van der Waals surface area contributed by atoms with Gasteiger partial charge in [0.1, 0.15) is 5.75 Å². The van der Waals surface area contributed by atoms with Crippen LogP contribution in [0.1, 0.15) is 37.8 Å². The number of aliphatic hydroxyl groups excluding tert-OH is 1. The maximum absolute atomic E-state index is 10.2. The highest BCUT2D eigenvalue weighted by Gasteiger charge is 2.08. The van der Waals surface area contributed by atoms with Crippen molar-refractivity contribution in [3.63, 3.8) is 0 Å². The molecule has 0 fully saturated rings. The number of rotatable bonds is 9.